The molecule has 3 rings (SSSR count). The zero-order valence-corrected chi connectivity index (χ0v) is 10.2. The van der Waals surface area contributed by atoms with Crippen molar-refractivity contribution in [3.05, 3.63) is 53.9 Å². The van der Waals surface area contributed by atoms with E-state index in [1.807, 2.05) is 0 Å². The maximum Gasteiger partial charge on any atom is 0.335 e. The Balaban J connectivity index is 2.16. The van der Waals surface area contributed by atoms with Crippen LogP contribution in [0.25, 0.3) is 16.9 Å². The first kappa shape index (κ1) is 12.0. The molecule has 1 aromatic carbocycles. The van der Waals surface area contributed by atoms with E-state index in [9.17, 15) is 9.59 Å². The van der Waals surface area contributed by atoms with E-state index in [1.54, 1.807) is 24.4 Å². The smallest absolute Gasteiger partial charge is 0.335 e. The molecule has 20 heavy (non-hydrogen) atoms. The van der Waals surface area contributed by atoms with E-state index in [0.29, 0.717) is 28.8 Å². The first-order chi connectivity index (χ1) is 9.69. The van der Waals surface area contributed by atoms with Crippen LogP contribution in [0.3, 0.4) is 0 Å². The fraction of sp³-hybridized carbons (Fsp3) is 0. The first-order valence-corrected chi connectivity index (χ1v) is 5.82. The second-order valence-corrected chi connectivity index (χ2v) is 4.18. The molecule has 3 aromatic rings. The molecule has 0 aliphatic carbocycles. The van der Waals surface area contributed by atoms with E-state index >= 15 is 0 Å². The van der Waals surface area contributed by atoms with Gasteiger partial charge in [-0.1, -0.05) is 12.1 Å². The number of nitrogens with zero attached hydrogens (tertiary/aromatic N) is 3. The van der Waals surface area contributed by atoms with Crippen LogP contribution in [0.2, 0.25) is 0 Å². The van der Waals surface area contributed by atoms with Gasteiger partial charge in [0.2, 0.25) is 0 Å². The average Bonchev–Trinajstić information content (AvgIpc) is 2.89. The highest BCUT2D eigenvalue weighted by Crippen LogP contribution is 2.19. The zero-order chi connectivity index (χ0) is 14.1. The van der Waals surface area contributed by atoms with E-state index in [2.05, 4.69) is 10.1 Å². The van der Waals surface area contributed by atoms with Crippen LogP contribution in [0.4, 0.5) is 0 Å². The van der Waals surface area contributed by atoms with Gasteiger partial charge in [-0.2, -0.15) is 5.10 Å². The molecule has 0 atom stereocenters. The molecule has 98 valence electrons. The number of rotatable bonds is 3. The van der Waals surface area contributed by atoms with E-state index in [4.69, 9.17) is 5.11 Å². The molecule has 6 heteroatoms. The Hall–Kier alpha value is -3.02. The number of hydrogen-bond acceptors (Lipinski definition) is 4. The Labute approximate surface area is 113 Å². The van der Waals surface area contributed by atoms with Crippen LogP contribution in [0.15, 0.2) is 42.7 Å². The van der Waals surface area contributed by atoms with Crippen molar-refractivity contribution < 1.29 is 14.7 Å². The van der Waals surface area contributed by atoms with Crippen LogP contribution in [-0.2, 0) is 0 Å². The summed E-state index contributed by atoms with van der Waals surface area (Å²) in [4.78, 5) is 26.2. The Bertz CT molecular complexity index is 823. The van der Waals surface area contributed by atoms with Gasteiger partial charge in [0.1, 0.15) is 0 Å². The Kier molecular flexibility index (Phi) is 2.76. The molecule has 0 saturated heterocycles. The summed E-state index contributed by atoms with van der Waals surface area (Å²) in [7, 11) is 0. The third-order valence-electron chi connectivity index (χ3n) is 2.93. The van der Waals surface area contributed by atoms with Gasteiger partial charge in [0, 0.05) is 11.8 Å². The molecule has 0 amide bonds. The van der Waals surface area contributed by atoms with Crippen molar-refractivity contribution >= 4 is 17.9 Å². The minimum atomic E-state index is -0.995. The summed E-state index contributed by atoms with van der Waals surface area (Å²) in [5, 5.41) is 13.0. The monoisotopic (exact) mass is 267 g/mol. The lowest BCUT2D eigenvalue weighted by Crippen LogP contribution is -1.97. The zero-order valence-electron chi connectivity index (χ0n) is 10.2. The van der Waals surface area contributed by atoms with Crippen LogP contribution < -0.4 is 0 Å². The van der Waals surface area contributed by atoms with Gasteiger partial charge in [0.15, 0.2) is 11.9 Å². The molecule has 0 radical (unpaired) electrons. The minimum Gasteiger partial charge on any atom is -0.478 e. The minimum absolute atomic E-state index is 0.188. The molecule has 1 N–H and O–H groups in total. The van der Waals surface area contributed by atoms with Crippen molar-refractivity contribution in [1.82, 2.24) is 14.6 Å². The summed E-state index contributed by atoms with van der Waals surface area (Å²) in [6.07, 6.45) is 3.80. The summed E-state index contributed by atoms with van der Waals surface area (Å²) in [5.74, 6) is -0.995. The van der Waals surface area contributed by atoms with Gasteiger partial charge >= 0.3 is 5.97 Å². The topological polar surface area (TPSA) is 84.6 Å². The standard InChI is InChI=1S/C14H9N3O3/c18-8-11-7-15-17-5-4-12(16-13(11)17)9-2-1-3-10(6-9)14(19)20/h1-8H,(H,19,20). The maximum atomic E-state index is 11.0. The second-order valence-electron chi connectivity index (χ2n) is 4.18. The van der Waals surface area contributed by atoms with Gasteiger partial charge in [-0.15, -0.1) is 0 Å². The third-order valence-corrected chi connectivity index (χ3v) is 2.93. The van der Waals surface area contributed by atoms with E-state index in [-0.39, 0.29) is 5.56 Å². The molecule has 6 nitrogen and oxygen atoms in total. The molecule has 0 fully saturated rings. The third kappa shape index (κ3) is 1.93. The van der Waals surface area contributed by atoms with Gasteiger partial charge in [0.05, 0.1) is 23.0 Å². The van der Waals surface area contributed by atoms with Crippen LogP contribution in [0.1, 0.15) is 20.7 Å². The molecule has 0 aliphatic heterocycles. The number of carbonyl (C=O) groups excluding carboxylic acids is 1. The summed E-state index contributed by atoms with van der Waals surface area (Å²) >= 11 is 0. The lowest BCUT2D eigenvalue weighted by atomic mass is 10.1. The molecule has 0 spiro atoms. The van der Waals surface area contributed by atoms with Gasteiger partial charge in [0.25, 0.3) is 0 Å². The van der Waals surface area contributed by atoms with Crippen LogP contribution in [-0.4, -0.2) is 32.0 Å². The van der Waals surface area contributed by atoms with Crippen molar-refractivity contribution in [2.75, 3.05) is 0 Å². The Morgan fingerprint density at radius 3 is 2.90 bits per heavy atom. The lowest BCUT2D eigenvalue weighted by molar-refractivity contribution is 0.0696. The molecule has 0 unspecified atom stereocenters. The van der Waals surface area contributed by atoms with Crippen molar-refractivity contribution in [3.63, 3.8) is 0 Å². The number of carbonyl (C=O) groups is 2. The Morgan fingerprint density at radius 1 is 1.30 bits per heavy atom. The molecular weight excluding hydrogens is 258 g/mol. The van der Waals surface area contributed by atoms with Crippen LogP contribution in [0.5, 0.6) is 0 Å². The predicted octanol–water partition coefficient (Wildman–Crippen LogP) is 1.91. The normalized spacial score (nSPS) is 10.6. The number of aldehydes is 1. The van der Waals surface area contributed by atoms with Gasteiger partial charge in [-0.05, 0) is 18.2 Å². The summed E-state index contributed by atoms with van der Waals surface area (Å²) in [5.41, 5.74) is 2.28. The lowest BCUT2D eigenvalue weighted by Gasteiger charge is -2.03. The molecule has 2 aromatic heterocycles. The van der Waals surface area contributed by atoms with E-state index < -0.39 is 5.97 Å². The number of benzene rings is 1. The van der Waals surface area contributed by atoms with Crippen molar-refractivity contribution in [1.29, 1.82) is 0 Å². The fourth-order valence-electron chi connectivity index (χ4n) is 1.94. The first-order valence-electron chi connectivity index (χ1n) is 5.82. The summed E-state index contributed by atoms with van der Waals surface area (Å²) in [6, 6.07) is 8.19. The van der Waals surface area contributed by atoms with E-state index in [0.717, 1.165) is 0 Å². The second kappa shape index (κ2) is 4.58. The molecule has 0 aliphatic rings. The van der Waals surface area contributed by atoms with Crippen molar-refractivity contribution in [2.45, 2.75) is 0 Å². The predicted molar refractivity (Wildman–Crippen MR) is 70.8 cm³/mol. The fourth-order valence-corrected chi connectivity index (χ4v) is 1.94. The molecule has 2 heterocycles. The van der Waals surface area contributed by atoms with Crippen molar-refractivity contribution in [3.8, 4) is 11.3 Å². The molecule has 0 bridgehead atoms. The average molecular weight is 267 g/mol. The van der Waals surface area contributed by atoms with Gasteiger partial charge in [-0.25, -0.2) is 14.3 Å². The molecule has 0 saturated carbocycles. The summed E-state index contributed by atoms with van der Waals surface area (Å²) < 4.78 is 1.49. The highest BCUT2D eigenvalue weighted by atomic mass is 16.4. The number of fused-ring (bicyclic) bond motifs is 1. The van der Waals surface area contributed by atoms with Crippen molar-refractivity contribution in [2.24, 2.45) is 0 Å². The Morgan fingerprint density at radius 2 is 2.15 bits per heavy atom. The number of carboxylic acid groups (broad SMARTS) is 1. The van der Waals surface area contributed by atoms with Gasteiger partial charge < -0.3 is 5.11 Å². The maximum absolute atomic E-state index is 11.0. The number of aromatic carboxylic acids is 1. The SMILES string of the molecule is O=Cc1cnn2ccc(-c3cccc(C(=O)O)c3)nc12. The quantitative estimate of drug-likeness (QED) is 0.733. The number of hydrogen-bond donors (Lipinski definition) is 1. The summed E-state index contributed by atoms with van der Waals surface area (Å²) in [6.45, 7) is 0. The van der Waals surface area contributed by atoms with E-state index in [1.165, 1.54) is 22.8 Å². The van der Waals surface area contributed by atoms with Crippen LogP contribution in [0, 0.1) is 0 Å². The number of aromatic nitrogens is 3. The van der Waals surface area contributed by atoms with Gasteiger partial charge in [-0.3, -0.25) is 4.79 Å². The highest BCUT2D eigenvalue weighted by Gasteiger charge is 2.09. The molecular formula is C14H9N3O3. The van der Waals surface area contributed by atoms with Crippen LogP contribution >= 0.6 is 0 Å². The number of carboxylic acids is 1. The largest absolute Gasteiger partial charge is 0.478 e. The highest BCUT2D eigenvalue weighted by molar-refractivity contribution is 5.89.